The Hall–Kier alpha value is -1.88. The van der Waals surface area contributed by atoms with Gasteiger partial charge in [-0.05, 0) is 30.8 Å². The van der Waals surface area contributed by atoms with Gasteiger partial charge in [0.2, 0.25) is 5.72 Å². The van der Waals surface area contributed by atoms with Crippen LogP contribution in [0.4, 0.5) is 5.69 Å². The van der Waals surface area contributed by atoms with Crippen LogP contribution in [-0.2, 0) is 17.1 Å². The molecule has 0 spiro atoms. The molecule has 2 aromatic carbocycles. The van der Waals surface area contributed by atoms with Crippen molar-refractivity contribution in [3.8, 4) is 0 Å². The molecule has 1 aliphatic heterocycles. The molecule has 0 bridgehead atoms. The van der Waals surface area contributed by atoms with Crippen LogP contribution in [-0.4, -0.2) is 23.0 Å². The normalized spacial score (nSPS) is 20.5. The summed E-state index contributed by atoms with van der Waals surface area (Å²) in [5.74, 6) is -0.460. The van der Waals surface area contributed by atoms with E-state index in [9.17, 15) is 9.90 Å². The van der Waals surface area contributed by atoms with Gasteiger partial charge >= 0.3 is 0 Å². The molecule has 0 aromatic heterocycles. The van der Waals surface area contributed by atoms with E-state index in [-0.39, 0.29) is 0 Å². The van der Waals surface area contributed by atoms with E-state index < -0.39 is 11.6 Å². The molecule has 2 N–H and O–H groups in total. The van der Waals surface area contributed by atoms with Gasteiger partial charge in [-0.15, -0.1) is 0 Å². The highest BCUT2D eigenvalue weighted by Gasteiger charge is 2.48. The number of carbonyl (C=O) groups is 1. The molecule has 3 rings (SSSR count). The number of fused-ring (bicyclic) bond motifs is 1. The number of hydrogen-bond acceptors (Lipinski definition) is 3. The fourth-order valence-electron chi connectivity index (χ4n) is 2.60. The number of aliphatic hydroxyl groups is 1. The smallest absolute Gasteiger partial charge is 0.276 e. The number of hydrogen-bond donors (Lipinski definition) is 2. The van der Waals surface area contributed by atoms with E-state index in [1.807, 2.05) is 30.3 Å². The average Bonchev–Trinajstić information content (AvgIpc) is 2.73. The summed E-state index contributed by atoms with van der Waals surface area (Å²) in [5, 5.41) is 14.1. The van der Waals surface area contributed by atoms with Crippen LogP contribution in [0.5, 0.6) is 0 Å². The number of amides is 1. The fourth-order valence-corrected chi connectivity index (χ4v) is 2.77. The van der Waals surface area contributed by atoms with Crippen LogP contribution >= 0.6 is 11.6 Å². The van der Waals surface area contributed by atoms with Crippen molar-refractivity contribution < 1.29 is 9.90 Å². The fraction of sp³-hybridized carbons (Fsp3) is 0.188. The van der Waals surface area contributed by atoms with Gasteiger partial charge in [0.15, 0.2) is 0 Å². The molecule has 4 nitrogen and oxygen atoms in total. The van der Waals surface area contributed by atoms with E-state index in [2.05, 4.69) is 5.32 Å². The molecule has 1 heterocycles. The SMILES string of the molecule is CN(Cc1ccccc1)[C@@]1(O)C(=O)Nc2ccc(Cl)cc21. The molecule has 0 saturated heterocycles. The van der Waals surface area contributed by atoms with Gasteiger partial charge in [-0.25, -0.2) is 0 Å². The van der Waals surface area contributed by atoms with Crippen molar-refractivity contribution in [1.29, 1.82) is 0 Å². The molecule has 0 radical (unpaired) electrons. The minimum Gasteiger partial charge on any atom is -0.364 e. The maximum absolute atomic E-state index is 12.3. The maximum Gasteiger partial charge on any atom is 0.276 e. The van der Waals surface area contributed by atoms with Crippen molar-refractivity contribution in [3.63, 3.8) is 0 Å². The topological polar surface area (TPSA) is 52.6 Å². The highest BCUT2D eigenvalue weighted by Crippen LogP contribution is 2.39. The molecule has 1 atom stereocenters. The number of nitrogens with zero attached hydrogens (tertiary/aromatic N) is 1. The zero-order valence-electron chi connectivity index (χ0n) is 11.5. The lowest BCUT2D eigenvalue weighted by Gasteiger charge is -2.32. The predicted molar refractivity (Wildman–Crippen MR) is 81.9 cm³/mol. The third kappa shape index (κ3) is 2.31. The summed E-state index contributed by atoms with van der Waals surface area (Å²) in [6.07, 6.45) is 0. The van der Waals surface area contributed by atoms with Crippen molar-refractivity contribution >= 4 is 23.2 Å². The Kier molecular flexibility index (Phi) is 3.45. The van der Waals surface area contributed by atoms with Crippen LogP contribution in [0.1, 0.15) is 11.1 Å². The second kappa shape index (κ2) is 5.15. The molecule has 108 valence electrons. The van der Waals surface area contributed by atoms with E-state index in [0.29, 0.717) is 22.8 Å². The van der Waals surface area contributed by atoms with Gasteiger partial charge in [-0.3, -0.25) is 9.69 Å². The molecular formula is C16H15ClN2O2. The van der Waals surface area contributed by atoms with Crippen LogP contribution in [0.25, 0.3) is 0 Å². The molecule has 1 amide bonds. The minimum atomic E-state index is -1.71. The van der Waals surface area contributed by atoms with Crippen LogP contribution < -0.4 is 5.32 Å². The molecule has 5 heteroatoms. The van der Waals surface area contributed by atoms with Gasteiger partial charge in [0, 0.05) is 22.8 Å². The Morgan fingerprint density at radius 3 is 2.67 bits per heavy atom. The highest BCUT2D eigenvalue weighted by molar-refractivity contribution is 6.31. The first kappa shape index (κ1) is 14.1. The Balaban J connectivity index is 1.97. The zero-order chi connectivity index (χ0) is 15.0. The highest BCUT2D eigenvalue weighted by atomic mass is 35.5. The molecule has 0 unspecified atom stereocenters. The summed E-state index contributed by atoms with van der Waals surface area (Å²) in [6.45, 7) is 0.441. The molecule has 0 fully saturated rings. The Bertz CT molecular complexity index is 690. The van der Waals surface area contributed by atoms with Crippen molar-refractivity contribution in [1.82, 2.24) is 4.90 Å². The number of carbonyl (C=O) groups excluding carboxylic acids is 1. The summed E-state index contributed by atoms with van der Waals surface area (Å²) < 4.78 is 0. The van der Waals surface area contributed by atoms with Crippen LogP contribution in [0, 0.1) is 0 Å². The van der Waals surface area contributed by atoms with Gasteiger partial charge in [0.25, 0.3) is 5.91 Å². The lowest BCUT2D eigenvalue weighted by molar-refractivity contribution is -0.156. The van der Waals surface area contributed by atoms with Crippen LogP contribution in [0.3, 0.4) is 0 Å². The summed E-state index contributed by atoms with van der Waals surface area (Å²) in [6, 6.07) is 14.7. The number of anilines is 1. The third-order valence-corrected chi connectivity index (χ3v) is 3.97. The zero-order valence-corrected chi connectivity index (χ0v) is 12.3. The summed E-state index contributed by atoms with van der Waals surface area (Å²) in [7, 11) is 1.71. The van der Waals surface area contributed by atoms with Crippen LogP contribution in [0.2, 0.25) is 5.02 Å². The van der Waals surface area contributed by atoms with E-state index in [1.165, 1.54) is 0 Å². The standard InChI is InChI=1S/C16H15ClN2O2/c1-19(10-11-5-3-2-4-6-11)16(21)13-9-12(17)7-8-14(13)18-15(16)20/h2-9,21H,10H2,1H3,(H,18,20)/t16-/m0/s1. The molecule has 0 saturated carbocycles. The first-order valence-corrected chi connectivity index (χ1v) is 6.98. The first-order valence-electron chi connectivity index (χ1n) is 6.61. The van der Waals surface area contributed by atoms with Gasteiger partial charge in [0.1, 0.15) is 0 Å². The molecule has 1 aliphatic rings. The largest absolute Gasteiger partial charge is 0.364 e. The number of halogens is 1. The minimum absolute atomic E-state index is 0.441. The second-order valence-corrected chi connectivity index (χ2v) is 5.59. The average molecular weight is 303 g/mol. The number of benzene rings is 2. The second-order valence-electron chi connectivity index (χ2n) is 5.16. The molecule has 21 heavy (non-hydrogen) atoms. The van der Waals surface area contributed by atoms with E-state index in [1.54, 1.807) is 30.1 Å². The summed E-state index contributed by atoms with van der Waals surface area (Å²) >= 11 is 5.99. The summed E-state index contributed by atoms with van der Waals surface area (Å²) in [4.78, 5) is 13.9. The molecular weight excluding hydrogens is 288 g/mol. The Morgan fingerprint density at radius 2 is 1.95 bits per heavy atom. The molecule has 2 aromatic rings. The Labute approximate surface area is 128 Å². The molecule has 0 aliphatic carbocycles. The van der Waals surface area contributed by atoms with Gasteiger partial charge in [-0.1, -0.05) is 41.9 Å². The van der Waals surface area contributed by atoms with Gasteiger partial charge in [0.05, 0.1) is 0 Å². The Morgan fingerprint density at radius 1 is 1.24 bits per heavy atom. The number of nitrogens with one attached hydrogen (secondary N) is 1. The van der Waals surface area contributed by atoms with Crippen molar-refractivity contribution in [2.45, 2.75) is 12.3 Å². The lowest BCUT2D eigenvalue weighted by Crippen LogP contribution is -2.48. The van der Waals surface area contributed by atoms with E-state index >= 15 is 0 Å². The van der Waals surface area contributed by atoms with Crippen LogP contribution in [0.15, 0.2) is 48.5 Å². The van der Waals surface area contributed by atoms with E-state index in [0.717, 1.165) is 5.56 Å². The van der Waals surface area contributed by atoms with Gasteiger partial charge in [-0.2, -0.15) is 0 Å². The monoisotopic (exact) mass is 302 g/mol. The van der Waals surface area contributed by atoms with E-state index in [4.69, 9.17) is 11.6 Å². The van der Waals surface area contributed by atoms with Crippen molar-refractivity contribution in [2.75, 3.05) is 12.4 Å². The van der Waals surface area contributed by atoms with Gasteiger partial charge < -0.3 is 10.4 Å². The lowest BCUT2D eigenvalue weighted by atomic mass is 10.0. The number of likely N-dealkylation sites (N-methyl/N-ethyl adjacent to an activating group) is 1. The quantitative estimate of drug-likeness (QED) is 0.857. The third-order valence-electron chi connectivity index (χ3n) is 3.74. The maximum atomic E-state index is 12.3. The van der Waals surface area contributed by atoms with Crippen molar-refractivity contribution in [2.24, 2.45) is 0 Å². The number of rotatable bonds is 3. The summed E-state index contributed by atoms with van der Waals surface area (Å²) in [5.41, 5.74) is 0.373. The predicted octanol–water partition coefficient (Wildman–Crippen LogP) is 2.57. The van der Waals surface area contributed by atoms with Crippen molar-refractivity contribution in [3.05, 3.63) is 64.7 Å². The first-order chi connectivity index (χ1) is 10.0.